The number of hydrogen-bond acceptors (Lipinski definition) is 10. The Morgan fingerprint density at radius 3 is 2.22 bits per heavy atom. The fraction of sp³-hybridized carbons (Fsp3) is 0.333. The number of carbonyl (C=O) groups excluding carboxylic acids is 5. The third-order valence-electron chi connectivity index (χ3n) is 6.46. The lowest BCUT2D eigenvalue weighted by Crippen LogP contribution is -2.71. The van der Waals surface area contributed by atoms with Crippen molar-refractivity contribution in [3.05, 3.63) is 53.6 Å². The van der Waals surface area contributed by atoms with Crippen LogP contribution >= 0.6 is 11.8 Å². The Morgan fingerprint density at radius 2 is 1.63 bits per heavy atom. The number of ether oxygens (including phenoxy) is 2. The third kappa shape index (κ3) is 5.82. The number of nitrogens with zero attached hydrogens (tertiary/aromatic N) is 1. The minimum atomic E-state index is -1.40. The number of nitrogens with one attached hydrogen (secondary N) is 2. The van der Waals surface area contributed by atoms with E-state index >= 15 is 0 Å². The Kier molecular flexibility index (Phi) is 7.97. The van der Waals surface area contributed by atoms with E-state index in [2.05, 4.69) is 10.6 Å². The number of phenolic OH excluding ortho intramolecular Hbond substituents is 1. The number of rotatable bonds is 8. The van der Waals surface area contributed by atoms with E-state index in [0.29, 0.717) is 0 Å². The minimum absolute atomic E-state index is 0.0976. The molecular weight excluding hydrogens is 558 g/mol. The van der Waals surface area contributed by atoms with Gasteiger partial charge in [0.1, 0.15) is 29.2 Å². The molecule has 4 rings (SSSR count). The molecule has 4 atom stereocenters. The molecule has 1 unspecified atom stereocenters. The zero-order valence-electron chi connectivity index (χ0n) is 22.4. The fourth-order valence-corrected chi connectivity index (χ4v) is 6.36. The molecule has 2 aliphatic heterocycles. The van der Waals surface area contributed by atoms with Gasteiger partial charge in [-0.1, -0.05) is 18.2 Å². The van der Waals surface area contributed by atoms with E-state index < -0.39 is 63.9 Å². The number of esters is 2. The molecule has 2 fully saturated rings. The summed E-state index contributed by atoms with van der Waals surface area (Å²) in [5, 5.41) is 23.9. The van der Waals surface area contributed by atoms with Crippen LogP contribution in [0, 0.1) is 0 Å². The topological polar surface area (TPSA) is 189 Å². The van der Waals surface area contributed by atoms with Gasteiger partial charge >= 0.3 is 17.9 Å². The molecule has 0 radical (unpaired) electrons. The Balaban J connectivity index is 1.63. The van der Waals surface area contributed by atoms with Crippen LogP contribution in [-0.2, 0) is 24.0 Å². The van der Waals surface area contributed by atoms with Crippen molar-refractivity contribution in [1.29, 1.82) is 0 Å². The summed E-state index contributed by atoms with van der Waals surface area (Å²) in [6.45, 7) is 5.62. The summed E-state index contributed by atoms with van der Waals surface area (Å²) in [5.41, 5.74) is 0.0177. The van der Waals surface area contributed by atoms with Crippen molar-refractivity contribution in [3.8, 4) is 17.2 Å². The van der Waals surface area contributed by atoms with Crippen molar-refractivity contribution < 1.29 is 48.5 Å². The number of para-hydroxylation sites is 1. The molecule has 41 heavy (non-hydrogen) atoms. The largest absolute Gasteiger partial charge is 0.508 e. The number of thioether (sulfide) groups is 1. The lowest BCUT2D eigenvalue weighted by atomic mass is 9.95. The third-order valence-corrected chi connectivity index (χ3v) is 8.03. The van der Waals surface area contributed by atoms with E-state index in [1.54, 1.807) is 13.8 Å². The van der Waals surface area contributed by atoms with Crippen LogP contribution in [0.25, 0.3) is 0 Å². The van der Waals surface area contributed by atoms with Crippen molar-refractivity contribution in [2.45, 2.75) is 55.9 Å². The first-order valence-electron chi connectivity index (χ1n) is 12.3. The van der Waals surface area contributed by atoms with Gasteiger partial charge in [0.05, 0.1) is 5.56 Å². The Morgan fingerprint density at radius 1 is 1.00 bits per heavy atom. The van der Waals surface area contributed by atoms with Crippen LogP contribution in [-0.4, -0.2) is 72.9 Å². The van der Waals surface area contributed by atoms with Gasteiger partial charge in [-0.25, -0.2) is 4.79 Å². The number of benzene rings is 2. The smallest absolute Gasteiger partial charge is 0.327 e. The molecule has 2 saturated heterocycles. The molecule has 0 saturated carbocycles. The second-order valence-corrected chi connectivity index (χ2v) is 11.7. The summed E-state index contributed by atoms with van der Waals surface area (Å²) in [6, 6.07) is 5.87. The average molecular weight is 586 g/mol. The van der Waals surface area contributed by atoms with Crippen LogP contribution in [0.5, 0.6) is 17.2 Å². The summed E-state index contributed by atoms with van der Waals surface area (Å²) in [5.74, 6) is -5.55. The summed E-state index contributed by atoms with van der Waals surface area (Å²) >= 11 is 1.24. The number of β-lactam (4-membered cyclic amide) rings is 1. The monoisotopic (exact) mass is 585 g/mol. The molecule has 2 aromatic rings. The first-order chi connectivity index (χ1) is 19.2. The predicted molar refractivity (Wildman–Crippen MR) is 143 cm³/mol. The lowest BCUT2D eigenvalue weighted by molar-refractivity contribution is -0.161. The van der Waals surface area contributed by atoms with Crippen LogP contribution < -0.4 is 20.1 Å². The van der Waals surface area contributed by atoms with E-state index in [0.717, 1.165) is 13.8 Å². The number of carboxylic acid groups (broad SMARTS) is 1. The van der Waals surface area contributed by atoms with Crippen molar-refractivity contribution in [3.63, 3.8) is 0 Å². The number of hydrogen-bond donors (Lipinski definition) is 4. The molecule has 2 aromatic carbocycles. The van der Waals surface area contributed by atoms with Gasteiger partial charge < -0.3 is 35.2 Å². The van der Waals surface area contributed by atoms with E-state index in [1.165, 1.54) is 59.1 Å². The minimum Gasteiger partial charge on any atom is -0.508 e. The Bertz CT molecular complexity index is 1440. The molecule has 0 bridgehead atoms. The highest BCUT2D eigenvalue weighted by Crippen LogP contribution is 2.50. The standard InChI is InChI=1S/C27H27N3O10S/c1-12(31)39-17-7-5-6-16(20(17)40-13(2)32)22(34)28-18(14-8-10-15(33)11-9-14)23(35)29-19-24(36)30-21(26(37)38)27(3,4)41-25(19)30/h5-11,18-19,21,25,33H,1-4H3,(H,28,34)(H,29,35)(H,37,38)/t18?,19-,21+,25-/m1/s1. The van der Waals surface area contributed by atoms with Gasteiger partial charge in [-0.2, -0.15) is 0 Å². The molecule has 0 aliphatic carbocycles. The first kappa shape index (κ1) is 29.4. The first-order valence-corrected chi connectivity index (χ1v) is 13.2. The summed E-state index contributed by atoms with van der Waals surface area (Å²) in [4.78, 5) is 76.2. The number of fused-ring (bicyclic) bond motifs is 1. The van der Waals surface area contributed by atoms with E-state index in [4.69, 9.17) is 9.47 Å². The van der Waals surface area contributed by atoms with E-state index in [-0.39, 0.29) is 28.4 Å². The Hall–Kier alpha value is -4.59. The molecule has 2 heterocycles. The number of carboxylic acids is 1. The molecule has 0 spiro atoms. The second kappa shape index (κ2) is 11.1. The van der Waals surface area contributed by atoms with Gasteiger partial charge in [-0.05, 0) is 43.7 Å². The SMILES string of the molecule is CC(=O)Oc1cccc(C(=O)NC(C(=O)N[C@@H]2C(=O)N3[C@@H]2SC(C)(C)[C@@H]3C(=O)O)c2ccc(O)cc2)c1OC(C)=O. The maximum Gasteiger partial charge on any atom is 0.327 e. The number of aliphatic carboxylic acids is 1. The molecule has 14 heteroatoms. The molecule has 0 aromatic heterocycles. The van der Waals surface area contributed by atoms with Crippen LogP contribution in [0.2, 0.25) is 0 Å². The molecular formula is C27H27N3O10S. The van der Waals surface area contributed by atoms with Gasteiger partial charge in [0.25, 0.3) is 5.91 Å². The highest BCUT2D eigenvalue weighted by Gasteiger charge is 2.64. The van der Waals surface area contributed by atoms with Gasteiger partial charge in [0, 0.05) is 18.6 Å². The summed E-state index contributed by atoms with van der Waals surface area (Å²) in [7, 11) is 0. The maximum atomic E-state index is 13.5. The molecule has 4 N–H and O–H groups in total. The highest BCUT2D eigenvalue weighted by molar-refractivity contribution is 8.01. The van der Waals surface area contributed by atoms with Gasteiger partial charge in [0.2, 0.25) is 11.8 Å². The van der Waals surface area contributed by atoms with Gasteiger partial charge in [0.15, 0.2) is 11.5 Å². The quantitative estimate of drug-likeness (QED) is 0.199. The summed E-state index contributed by atoms with van der Waals surface area (Å²) < 4.78 is 9.41. The van der Waals surface area contributed by atoms with E-state index in [9.17, 15) is 39.0 Å². The molecule has 3 amide bonds. The highest BCUT2D eigenvalue weighted by atomic mass is 32.2. The number of amides is 3. The molecule has 216 valence electrons. The Labute approximate surface area is 238 Å². The maximum absolute atomic E-state index is 13.5. The van der Waals surface area contributed by atoms with Crippen molar-refractivity contribution >= 4 is 47.4 Å². The van der Waals surface area contributed by atoms with Crippen LogP contribution in [0.3, 0.4) is 0 Å². The zero-order valence-corrected chi connectivity index (χ0v) is 23.2. The van der Waals surface area contributed by atoms with E-state index in [1.807, 2.05) is 0 Å². The van der Waals surface area contributed by atoms with Crippen molar-refractivity contribution in [2.24, 2.45) is 0 Å². The predicted octanol–water partition coefficient (Wildman–Crippen LogP) is 1.35. The van der Waals surface area contributed by atoms with Crippen molar-refractivity contribution in [1.82, 2.24) is 15.5 Å². The average Bonchev–Trinajstić information content (AvgIpc) is 3.14. The van der Waals surface area contributed by atoms with Crippen LogP contribution in [0.1, 0.15) is 49.7 Å². The normalized spacial score (nSPS) is 21.1. The fourth-order valence-electron chi connectivity index (χ4n) is 4.74. The van der Waals surface area contributed by atoms with Crippen LogP contribution in [0.15, 0.2) is 42.5 Å². The number of phenols is 1. The van der Waals surface area contributed by atoms with Gasteiger partial charge in [-0.3, -0.25) is 24.0 Å². The molecule has 13 nitrogen and oxygen atoms in total. The number of carbonyl (C=O) groups is 6. The number of aromatic hydroxyl groups is 1. The van der Waals surface area contributed by atoms with Gasteiger partial charge in [-0.15, -0.1) is 11.8 Å². The zero-order chi connectivity index (χ0) is 30.2. The van der Waals surface area contributed by atoms with Crippen LogP contribution in [0.4, 0.5) is 0 Å². The molecule has 2 aliphatic rings. The lowest BCUT2D eigenvalue weighted by Gasteiger charge is -2.44. The summed E-state index contributed by atoms with van der Waals surface area (Å²) in [6.07, 6.45) is 0. The van der Waals surface area contributed by atoms with Crippen molar-refractivity contribution in [2.75, 3.05) is 0 Å². The second-order valence-electron chi connectivity index (χ2n) is 9.90.